The first kappa shape index (κ1) is 24.9. The van der Waals surface area contributed by atoms with Gasteiger partial charge in [0, 0.05) is 44.6 Å². The van der Waals surface area contributed by atoms with Gasteiger partial charge in [0.1, 0.15) is 10.5 Å². The third-order valence-electron chi connectivity index (χ3n) is 6.04. The summed E-state index contributed by atoms with van der Waals surface area (Å²) >= 11 is 1.72. The van der Waals surface area contributed by atoms with Gasteiger partial charge in [0.15, 0.2) is 7.05 Å². The minimum Gasteiger partial charge on any atom is -0.304 e. The molecule has 0 N–H and O–H groups in total. The molecule has 4 heterocycles. The van der Waals surface area contributed by atoms with Gasteiger partial charge < -0.3 is 4.98 Å². The van der Waals surface area contributed by atoms with Gasteiger partial charge in [-0.3, -0.25) is 0 Å². The Balaban J connectivity index is 0.000000172. The van der Waals surface area contributed by atoms with Crippen molar-refractivity contribution in [2.45, 2.75) is 6.92 Å². The van der Waals surface area contributed by atoms with Crippen LogP contribution in [0.15, 0.2) is 97.3 Å². The van der Waals surface area contributed by atoms with Crippen molar-refractivity contribution in [2.75, 3.05) is 7.05 Å². The third kappa shape index (κ3) is 4.93. The number of aryl methyl sites for hydroxylation is 1. The monoisotopic (exact) mass is 675 g/mol. The average Bonchev–Trinajstić information content (AvgIpc) is 3.47. The van der Waals surface area contributed by atoms with E-state index in [1.807, 2.05) is 73.4 Å². The van der Waals surface area contributed by atoms with Crippen molar-refractivity contribution in [3.8, 4) is 11.3 Å². The van der Waals surface area contributed by atoms with Gasteiger partial charge in [-0.25, -0.2) is 4.98 Å². The van der Waals surface area contributed by atoms with Crippen LogP contribution in [0, 0.1) is 19.1 Å². The van der Waals surface area contributed by atoms with Crippen molar-refractivity contribution in [2.24, 2.45) is 0 Å². The van der Waals surface area contributed by atoms with E-state index in [2.05, 4.69) is 75.1 Å². The zero-order valence-corrected chi connectivity index (χ0v) is 23.5. The van der Waals surface area contributed by atoms with Gasteiger partial charge in [0.25, 0.3) is 11.4 Å². The minimum atomic E-state index is 0. The third-order valence-corrected chi connectivity index (χ3v) is 7.11. The molecule has 0 atom stereocenters. The summed E-state index contributed by atoms with van der Waals surface area (Å²) in [5, 5.41) is 2.41. The van der Waals surface area contributed by atoms with Crippen molar-refractivity contribution in [1.29, 1.82) is 0 Å². The van der Waals surface area contributed by atoms with E-state index in [0.29, 0.717) is 0 Å². The van der Waals surface area contributed by atoms with Crippen LogP contribution in [0.2, 0.25) is 0 Å². The molecule has 3 aromatic heterocycles. The number of thiophene rings is 1. The summed E-state index contributed by atoms with van der Waals surface area (Å²) in [6, 6.07) is 38.5. The van der Waals surface area contributed by atoms with E-state index >= 15 is 0 Å². The van der Waals surface area contributed by atoms with Crippen LogP contribution in [0.5, 0.6) is 0 Å². The Morgan fingerprint density at radius 3 is 2.49 bits per heavy atom. The SMILES string of the molecule is C[N+]1=C=[N+](c2[c-]cc3c(c2)sc2ncccc23)c2ccccc21.Cc1ccc(-c2[c-]cccc2)nc1.[Ir]. The molecule has 1 aliphatic rings. The Morgan fingerprint density at radius 2 is 1.70 bits per heavy atom. The predicted octanol–water partition coefficient (Wildman–Crippen LogP) is 7.40. The molecule has 0 unspecified atom stereocenters. The number of hydrogen-bond acceptors (Lipinski definition) is 3. The Hall–Kier alpha value is -3.79. The maximum atomic E-state index is 4.46. The molecule has 181 valence electrons. The molecule has 4 nitrogen and oxygen atoms in total. The molecule has 0 amide bonds. The van der Waals surface area contributed by atoms with Crippen LogP contribution >= 0.6 is 11.3 Å². The van der Waals surface area contributed by atoms with Gasteiger partial charge in [-0.1, -0.05) is 50.2 Å². The second kappa shape index (κ2) is 10.7. The molecule has 0 bridgehead atoms. The molecular formula is C31H22IrN4S. The van der Waals surface area contributed by atoms with E-state index in [0.717, 1.165) is 33.1 Å². The van der Waals surface area contributed by atoms with Crippen LogP contribution in [0.4, 0.5) is 17.1 Å². The first-order valence-electron chi connectivity index (χ1n) is 11.7. The molecule has 6 heteroatoms. The van der Waals surface area contributed by atoms with Crippen LogP contribution in [-0.4, -0.2) is 27.6 Å². The zero-order valence-electron chi connectivity index (χ0n) is 20.3. The summed E-state index contributed by atoms with van der Waals surface area (Å²) in [7, 11) is 2.01. The first-order valence-corrected chi connectivity index (χ1v) is 12.5. The van der Waals surface area contributed by atoms with Crippen molar-refractivity contribution < 1.29 is 24.7 Å². The second-order valence-electron chi connectivity index (χ2n) is 8.53. The number of fused-ring (bicyclic) bond motifs is 4. The fourth-order valence-electron chi connectivity index (χ4n) is 4.22. The van der Waals surface area contributed by atoms with Crippen LogP contribution < -0.4 is 4.58 Å². The smallest absolute Gasteiger partial charge is 0.304 e. The standard InChI is InChI=1S/C19H12N3S.C12H10N.Ir/c1-21-12-22(17-7-3-2-6-16(17)21)13-8-9-14-15-5-4-10-20-19(15)23-18(14)11-13;1-10-7-8-12(13-9-10)11-5-3-2-4-6-11;/h2-7,9-11H,1H3;2-5,7-9H,1H3;/q+1;-1;. The Morgan fingerprint density at radius 1 is 0.865 bits per heavy atom. The molecular weight excluding hydrogens is 653 g/mol. The summed E-state index contributed by atoms with van der Waals surface area (Å²) in [4.78, 5) is 9.85. The van der Waals surface area contributed by atoms with Crippen molar-refractivity contribution in [3.05, 3.63) is 115 Å². The van der Waals surface area contributed by atoms with Gasteiger partial charge in [-0.15, -0.1) is 58.7 Å². The molecule has 1 aliphatic heterocycles. The molecule has 0 saturated heterocycles. The van der Waals surface area contributed by atoms with Crippen molar-refractivity contribution in [3.63, 3.8) is 0 Å². The number of aromatic nitrogens is 2. The molecule has 0 fully saturated rings. The zero-order chi connectivity index (χ0) is 24.5. The Labute approximate surface area is 233 Å². The quantitative estimate of drug-likeness (QED) is 0.142. The number of rotatable bonds is 2. The topological polar surface area (TPSA) is 31.8 Å². The predicted molar refractivity (Wildman–Crippen MR) is 148 cm³/mol. The van der Waals surface area contributed by atoms with Crippen LogP contribution in [0.1, 0.15) is 5.56 Å². The molecule has 7 rings (SSSR count). The second-order valence-corrected chi connectivity index (χ2v) is 9.57. The normalized spacial score (nSPS) is 11.7. The summed E-state index contributed by atoms with van der Waals surface area (Å²) < 4.78 is 5.30. The van der Waals surface area contributed by atoms with Gasteiger partial charge in [-0.2, -0.15) is 6.07 Å². The van der Waals surface area contributed by atoms with Crippen molar-refractivity contribution in [1.82, 2.24) is 14.5 Å². The van der Waals surface area contributed by atoms with E-state index in [9.17, 15) is 0 Å². The maximum absolute atomic E-state index is 4.46. The summed E-state index contributed by atoms with van der Waals surface area (Å²) in [6.07, 6.45) is 3.71. The number of hydrogen-bond donors (Lipinski definition) is 0. The Bertz CT molecular complexity index is 1780. The number of para-hydroxylation sites is 2. The molecule has 1 radical (unpaired) electrons. The number of pyridine rings is 2. The average molecular weight is 675 g/mol. The fourth-order valence-corrected chi connectivity index (χ4v) is 5.28. The van der Waals surface area contributed by atoms with Gasteiger partial charge in [-0.05, 0) is 29.6 Å². The molecule has 0 spiro atoms. The molecule has 3 aromatic carbocycles. The molecule has 0 saturated carbocycles. The largest absolute Gasteiger partial charge is 0.494 e. The Kier molecular flexibility index (Phi) is 7.18. The van der Waals surface area contributed by atoms with Crippen molar-refractivity contribution >= 4 is 54.7 Å². The van der Waals surface area contributed by atoms with Gasteiger partial charge >= 0.3 is 6.01 Å². The fraction of sp³-hybridized carbons (Fsp3) is 0.0645. The summed E-state index contributed by atoms with van der Waals surface area (Å²) in [5.41, 5.74) is 6.48. The van der Waals surface area contributed by atoms with Crippen LogP contribution in [-0.2, 0) is 20.1 Å². The van der Waals surface area contributed by atoms with Gasteiger partial charge in [0.05, 0.1) is 0 Å². The minimum absolute atomic E-state index is 0. The number of nitrogens with zero attached hydrogens (tertiary/aromatic N) is 4. The summed E-state index contributed by atoms with van der Waals surface area (Å²) in [6.45, 7) is 2.03. The molecule has 0 aliphatic carbocycles. The van der Waals surface area contributed by atoms with Crippen LogP contribution in [0.25, 0.3) is 31.6 Å². The maximum Gasteiger partial charge on any atom is 0.494 e. The van der Waals surface area contributed by atoms with E-state index < -0.39 is 0 Å². The molecule has 6 aromatic rings. The summed E-state index contributed by atoms with van der Waals surface area (Å²) in [5.74, 6) is 0. The van der Waals surface area contributed by atoms with Gasteiger partial charge in [0.2, 0.25) is 0 Å². The number of benzene rings is 3. The molecule has 37 heavy (non-hydrogen) atoms. The van der Waals surface area contributed by atoms with E-state index in [1.165, 1.54) is 21.0 Å². The van der Waals surface area contributed by atoms with E-state index in [-0.39, 0.29) is 20.1 Å². The first-order chi connectivity index (χ1) is 17.7. The van der Waals surface area contributed by atoms with E-state index in [1.54, 1.807) is 11.3 Å². The van der Waals surface area contributed by atoms with E-state index in [4.69, 9.17) is 0 Å². The van der Waals surface area contributed by atoms with Crippen LogP contribution in [0.3, 0.4) is 0 Å².